The number of hydrogen-bond donors (Lipinski definition) is 0. The third kappa shape index (κ3) is 3.22. The van der Waals surface area contributed by atoms with Crippen molar-refractivity contribution in [2.45, 2.75) is 24.9 Å². The molecule has 0 bridgehead atoms. The molecule has 2 aliphatic heterocycles. The van der Waals surface area contributed by atoms with Crippen molar-refractivity contribution < 1.29 is 14.4 Å². The number of hydrogen-bond acceptors (Lipinski definition) is 4. The number of ketones is 3. The minimum atomic E-state index is -1.50. The Morgan fingerprint density at radius 2 is 1.46 bits per heavy atom. The first-order chi connectivity index (χ1) is 18.9. The van der Waals surface area contributed by atoms with Gasteiger partial charge in [0.1, 0.15) is 11.5 Å². The molecule has 2 heterocycles. The lowest BCUT2D eigenvalue weighted by Crippen LogP contribution is -2.48. The van der Waals surface area contributed by atoms with Gasteiger partial charge in [-0.3, -0.25) is 14.4 Å². The number of benzene rings is 4. The average molecular weight is 530 g/mol. The second kappa shape index (κ2) is 8.62. The van der Waals surface area contributed by atoms with Crippen molar-refractivity contribution in [1.82, 2.24) is 0 Å². The molecule has 4 aromatic carbocycles. The zero-order valence-corrected chi connectivity index (χ0v) is 21.9. The Kier molecular flexibility index (Phi) is 5.26. The molecule has 0 aromatic heterocycles. The van der Waals surface area contributed by atoms with Crippen LogP contribution in [-0.4, -0.2) is 29.4 Å². The summed E-state index contributed by atoms with van der Waals surface area (Å²) in [4.78, 5) is 45.7. The molecule has 190 valence electrons. The van der Waals surface area contributed by atoms with E-state index in [0.29, 0.717) is 21.7 Å². The molecule has 0 unspecified atom stereocenters. The fraction of sp³-hybridized carbons (Fsp3) is 0.147. The smallest absolute Gasteiger partial charge is 0.185 e. The van der Waals surface area contributed by atoms with Gasteiger partial charge in [-0.05, 0) is 36.2 Å². The lowest BCUT2D eigenvalue weighted by atomic mass is 9.64. The zero-order chi connectivity index (χ0) is 26.9. The van der Waals surface area contributed by atoms with E-state index in [1.165, 1.54) is 0 Å². The molecule has 1 saturated heterocycles. The number of halogens is 1. The van der Waals surface area contributed by atoms with Crippen molar-refractivity contribution in [1.29, 1.82) is 0 Å². The van der Waals surface area contributed by atoms with Crippen LogP contribution in [0.3, 0.4) is 0 Å². The van der Waals surface area contributed by atoms with Gasteiger partial charge in [-0.15, -0.1) is 0 Å². The summed E-state index contributed by atoms with van der Waals surface area (Å²) in [5, 5.41) is 0.576. The molecule has 1 fully saturated rings. The van der Waals surface area contributed by atoms with Gasteiger partial charge in [-0.2, -0.15) is 0 Å². The van der Waals surface area contributed by atoms with E-state index in [-0.39, 0.29) is 17.3 Å². The van der Waals surface area contributed by atoms with Crippen LogP contribution < -0.4 is 4.90 Å². The van der Waals surface area contributed by atoms with E-state index >= 15 is 0 Å². The number of rotatable bonds is 3. The number of nitrogens with zero attached hydrogens (tertiary/aromatic N) is 1. The average Bonchev–Trinajstić information content (AvgIpc) is 3.39. The van der Waals surface area contributed by atoms with Gasteiger partial charge in [-0.1, -0.05) is 108 Å². The van der Waals surface area contributed by atoms with E-state index < -0.39 is 23.4 Å². The normalized spacial score (nSPS) is 22.1. The van der Waals surface area contributed by atoms with E-state index in [9.17, 15) is 14.4 Å². The molecule has 0 saturated carbocycles. The summed E-state index contributed by atoms with van der Waals surface area (Å²) in [5.41, 5.74) is 3.36. The Labute approximate surface area is 231 Å². The molecule has 0 amide bonds. The van der Waals surface area contributed by atoms with Crippen LogP contribution in [0.15, 0.2) is 103 Å². The summed E-state index contributed by atoms with van der Waals surface area (Å²) in [5.74, 6) is -1.30. The molecule has 1 aliphatic carbocycles. The Morgan fingerprint density at radius 3 is 2.13 bits per heavy atom. The monoisotopic (exact) mass is 529 g/mol. The van der Waals surface area contributed by atoms with E-state index in [1.807, 2.05) is 78.6 Å². The van der Waals surface area contributed by atoms with Crippen molar-refractivity contribution in [2.75, 3.05) is 4.90 Å². The van der Waals surface area contributed by atoms with Crippen LogP contribution >= 0.6 is 11.6 Å². The summed E-state index contributed by atoms with van der Waals surface area (Å²) in [7, 11) is 0. The molecule has 1 spiro atoms. The molecule has 5 heteroatoms. The Morgan fingerprint density at radius 1 is 0.821 bits per heavy atom. The van der Waals surface area contributed by atoms with Gasteiger partial charge in [0, 0.05) is 33.3 Å². The lowest BCUT2D eigenvalue weighted by Gasteiger charge is -2.37. The highest BCUT2D eigenvalue weighted by atomic mass is 35.5. The number of aryl methyl sites for hydroxylation is 1. The second-order valence-electron chi connectivity index (χ2n) is 10.6. The maximum Gasteiger partial charge on any atom is 0.185 e. The van der Waals surface area contributed by atoms with Crippen molar-refractivity contribution in [3.8, 4) is 0 Å². The molecule has 3 atom stereocenters. The minimum Gasteiger partial charge on any atom is -0.352 e. The van der Waals surface area contributed by atoms with Crippen molar-refractivity contribution in [3.05, 3.63) is 142 Å². The van der Waals surface area contributed by atoms with Crippen molar-refractivity contribution >= 4 is 40.7 Å². The topological polar surface area (TPSA) is 54.5 Å². The van der Waals surface area contributed by atoms with Crippen LogP contribution in [0.2, 0.25) is 5.02 Å². The SMILES string of the molecule is Cc1ccc([C@H]2[C@H](C(=O)c3ccccc3)N3c4ccc(Cl)cc4C=C[C@@H]3C23C(=O)c2ccccc2C3=O)cc1. The molecular formula is C34H24ClNO3. The highest BCUT2D eigenvalue weighted by Gasteiger charge is 2.71. The first-order valence-electron chi connectivity index (χ1n) is 13.0. The number of Topliss-reactive ketones (excluding diaryl/α,β-unsaturated/α-hetero) is 3. The summed E-state index contributed by atoms with van der Waals surface area (Å²) in [6.45, 7) is 1.99. The maximum absolute atomic E-state index is 14.6. The molecule has 0 N–H and O–H groups in total. The molecule has 3 aliphatic rings. The van der Waals surface area contributed by atoms with Crippen molar-refractivity contribution in [3.63, 3.8) is 0 Å². The van der Waals surface area contributed by atoms with Gasteiger partial charge in [-0.25, -0.2) is 0 Å². The summed E-state index contributed by atoms with van der Waals surface area (Å²) >= 11 is 6.35. The predicted octanol–water partition coefficient (Wildman–Crippen LogP) is 6.96. The van der Waals surface area contributed by atoms with Crippen LogP contribution in [0.25, 0.3) is 6.08 Å². The minimum absolute atomic E-state index is 0.129. The highest BCUT2D eigenvalue weighted by molar-refractivity contribution is 6.32. The fourth-order valence-corrected chi connectivity index (χ4v) is 7.05. The van der Waals surface area contributed by atoms with Crippen LogP contribution in [0, 0.1) is 12.3 Å². The summed E-state index contributed by atoms with van der Waals surface area (Å²) < 4.78 is 0. The van der Waals surface area contributed by atoms with Gasteiger partial charge >= 0.3 is 0 Å². The Hall–Kier alpha value is -4.28. The van der Waals surface area contributed by atoms with E-state index in [4.69, 9.17) is 11.6 Å². The Balaban J connectivity index is 1.55. The number of anilines is 1. The largest absolute Gasteiger partial charge is 0.352 e. The van der Waals surface area contributed by atoms with Crippen molar-refractivity contribution in [2.24, 2.45) is 5.41 Å². The van der Waals surface area contributed by atoms with Gasteiger partial charge in [0.25, 0.3) is 0 Å². The van der Waals surface area contributed by atoms with Gasteiger partial charge in [0.05, 0.1) is 6.04 Å². The number of carbonyl (C=O) groups excluding carboxylic acids is 3. The maximum atomic E-state index is 14.6. The van der Waals surface area contributed by atoms with E-state index in [0.717, 1.165) is 22.4 Å². The van der Waals surface area contributed by atoms with Gasteiger partial charge < -0.3 is 4.90 Å². The first kappa shape index (κ1) is 23.8. The van der Waals surface area contributed by atoms with Gasteiger partial charge in [0.15, 0.2) is 17.3 Å². The summed E-state index contributed by atoms with van der Waals surface area (Å²) in [6, 6.07) is 28.1. The van der Waals surface area contributed by atoms with Crippen LogP contribution in [0.1, 0.15) is 53.7 Å². The number of carbonyl (C=O) groups is 3. The fourth-order valence-electron chi connectivity index (χ4n) is 6.87. The first-order valence-corrected chi connectivity index (χ1v) is 13.4. The Bertz CT molecular complexity index is 1670. The standard InChI is InChI=1S/C34H24ClNO3/c1-20-11-13-21(14-12-20)29-30(31(37)22-7-3-2-4-8-22)36-27-17-16-24(35)19-23(27)15-18-28(36)34(29)32(38)25-9-5-6-10-26(25)33(34)39/h2-19,28-30H,1H3/t28-,29+,30-/m1/s1. The molecule has 4 nitrogen and oxygen atoms in total. The van der Waals surface area contributed by atoms with Crippen LogP contribution in [0.5, 0.6) is 0 Å². The van der Waals surface area contributed by atoms with Crippen LogP contribution in [0.4, 0.5) is 5.69 Å². The molecular weight excluding hydrogens is 506 g/mol. The third-order valence-corrected chi connectivity index (χ3v) is 8.76. The van der Waals surface area contributed by atoms with Crippen LogP contribution in [-0.2, 0) is 0 Å². The van der Waals surface area contributed by atoms with E-state index in [2.05, 4.69) is 0 Å². The lowest BCUT2D eigenvalue weighted by molar-refractivity contribution is 0.0666. The molecule has 4 aromatic rings. The second-order valence-corrected chi connectivity index (χ2v) is 11.0. The predicted molar refractivity (Wildman–Crippen MR) is 153 cm³/mol. The van der Waals surface area contributed by atoms with E-state index in [1.54, 1.807) is 42.5 Å². The highest BCUT2D eigenvalue weighted by Crippen LogP contribution is 2.61. The third-order valence-electron chi connectivity index (χ3n) is 8.53. The number of fused-ring (bicyclic) bond motifs is 5. The molecule has 7 rings (SSSR count). The summed E-state index contributed by atoms with van der Waals surface area (Å²) in [6.07, 6.45) is 3.84. The molecule has 0 radical (unpaired) electrons. The zero-order valence-electron chi connectivity index (χ0n) is 21.2. The van der Waals surface area contributed by atoms with Gasteiger partial charge in [0.2, 0.25) is 0 Å². The molecule has 39 heavy (non-hydrogen) atoms. The quantitative estimate of drug-likeness (QED) is 0.212.